The van der Waals surface area contributed by atoms with Gasteiger partial charge in [-0.05, 0) is 62.0 Å². The van der Waals surface area contributed by atoms with Crippen LogP contribution in [0.5, 0.6) is 5.75 Å². The first-order chi connectivity index (χ1) is 16.6. The van der Waals surface area contributed by atoms with Crippen LogP contribution >= 0.6 is 35.3 Å². The highest BCUT2D eigenvalue weighted by Gasteiger charge is 2.22. The Balaban J connectivity index is 1.68. The number of rotatable bonds is 7. The standard InChI is InChI=1S/C24H23N3O4S3/c1-3-29-17-10-8-16(9-11-17)26-21-20(34-24(26)32)22(28)27(18-7-5-4-6-15(18)2)23(25-21)33-14-19-30-12-13-31-19/h4-11,19H,3,12-14H2,1-2H3. The minimum Gasteiger partial charge on any atom is -0.494 e. The molecule has 0 bridgehead atoms. The van der Waals surface area contributed by atoms with Gasteiger partial charge in [0, 0.05) is 5.69 Å². The quantitative estimate of drug-likeness (QED) is 0.193. The third-order valence-electron chi connectivity index (χ3n) is 5.38. The van der Waals surface area contributed by atoms with Gasteiger partial charge in [0.25, 0.3) is 5.56 Å². The molecule has 0 radical (unpaired) electrons. The van der Waals surface area contributed by atoms with Crippen LogP contribution in [0.1, 0.15) is 12.5 Å². The number of fused-ring (bicyclic) bond motifs is 1. The Morgan fingerprint density at radius 1 is 1.15 bits per heavy atom. The van der Waals surface area contributed by atoms with Crippen molar-refractivity contribution in [3.8, 4) is 17.1 Å². The zero-order valence-corrected chi connectivity index (χ0v) is 21.2. The van der Waals surface area contributed by atoms with Gasteiger partial charge >= 0.3 is 0 Å². The second-order valence-corrected chi connectivity index (χ2v) is 10.2. The van der Waals surface area contributed by atoms with E-state index in [1.165, 1.54) is 23.1 Å². The molecule has 0 N–H and O–H groups in total. The summed E-state index contributed by atoms with van der Waals surface area (Å²) in [6.07, 6.45) is -0.321. The number of thiazole rings is 1. The van der Waals surface area contributed by atoms with Crippen LogP contribution in [0.2, 0.25) is 0 Å². The van der Waals surface area contributed by atoms with Crippen molar-refractivity contribution in [2.75, 3.05) is 25.6 Å². The van der Waals surface area contributed by atoms with E-state index in [0.29, 0.717) is 45.0 Å². The topological polar surface area (TPSA) is 67.5 Å². The maximum Gasteiger partial charge on any atom is 0.278 e. The van der Waals surface area contributed by atoms with Crippen LogP contribution in [0.3, 0.4) is 0 Å². The van der Waals surface area contributed by atoms with E-state index in [0.717, 1.165) is 22.7 Å². The molecular formula is C24H23N3O4S3. The van der Waals surface area contributed by atoms with Gasteiger partial charge in [-0.1, -0.05) is 41.3 Å². The predicted molar refractivity (Wildman–Crippen MR) is 138 cm³/mol. The largest absolute Gasteiger partial charge is 0.494 e. The van der Waals surface area contributed by atoms with E-state index >= 15 is 0 Å². The van der Waals surface area contributed by atoms with Crippen LogP contribution in [0.15, 0.2) is 58.5 Å². The average Bonchev–Trinajstić information content (AvgIpc) is 3.47. The first kappa shape index (κ1) is 23.3. The van der Waals surface area contributed by atoms with Crippen molar-refractivity contribution in [3.05, 3.63) is 68.4 Å². The fraction of sp³-hybridized carbons (Fsp3) is 0.292. The van der Waals surface area contributed by atoms with Gasteiger partial charge < -0.3 is 14.2 Å². The molecule has 0 amide bonds. The van der Waals surface area contributed by atoms with Crippen molar-refractivity contribution in [1.82, 2.24) is 14.1 Å². The number of thioether (sulfide) groups is 1. The fourth-order valence-corrected chi connectivity index (χ4v) is 6.04. The SMILES string of the molecule is CCOc1ccc(-n2c(=S)sc3c(=O)n(-c4ccccc4C)c(SCC4OCCO4)nc32)cc1. The zero-order valence-electron chi connectivity index (χ0n) is 18.7. The predicted octanol–water partition coefficient (Wildman–Crippen LogP) is 5.14. The summed E-state index contributed by atoms with van der Waals surface area (Å²) in [5, 5.41) is 0.568. The minimum atomic E-state index is -0.321. The van der Waals surface area contributed by atoms with E-state index in [-0.39, 0.29) is 11.8 Å². The van der Waals surface area contributed by atoms with Crippen molar-refractivity contribution in [2.24, 2.45) is 0 Å². The molecule has 5 rings (SSSR count). The Labute approximate surface area is 209 Å². The number of hydrogen-bond acceptors (Lipinski definition) is 8. The lowest BCUT2D eigenvalue weighted by Gasteiger charge is -2.16. The lowest BCUT2D eigenvalue weighted by molar-refractivity contribution is -0.0215. The van der Waals surface area contributed by atoms with Crippen LogP contribution in [-0.4, -0.2) is 46.0 Å². The third-order valence-corrected chi connectivity index (χ3v) is 7.70. The molecular weight excluding hydrogens is 490 g/mol. The molecule has 0 saturated carbocycles. The molecule has 10 heteroatoms. The van der Waals surface area contributed by atoms with Gasteiger partial charge in [0.05, 0.1) is 31.3 Å². The first-order valence-electron chi connectivity index (χ1n) is 10.9. The molecule has 0 unspecified atom stereocenters. The van der Waals surface area contributed by atoms with Gasteiger partial charge in [0.1, 0.15) is 10.4 Å². The Kier molecular flexibility index (Phi) is 6.84. The van der Waals surface area contributed by atoms with Crippen molar-refractivity contribution >= 4 is 45.7 Å². The van der Waals surface area contributed by atoms with E-state index in [1.54, 1.807) is 4.57 Å². The summed E-state index contributed by atoms with van der Waals surface area (Å²) < 4.78 is 21.4. The van der Waals surface area contributed by atoms with Crippen molar-refractivity contribution in [2.45, 2.75) is 25.3 Å². The molecule has 1 fully saturated rings. The van der Waals surface area contributed by atoms with Crippen molar-refractivity contribution < 1.29 is 14.2 Å². The van der Waals surface area contributed by atoms with Gasteiger partial charge in [-0.2, -0.15) is 0 Å². The van der Waals surface area contributed by atoms with Crippen LogP contribution in [0.4, 0.5) is 0 Å². The average molecular weight is 514 g/mol. The van der Waals surface area contributed by atoms with Gasteiger partial charge in [0.2, 0.25) is 0 Å². The summed E-state index contributed by atoms with van der Waals surface area (Å²) in [6.45, 7) is 5.67. The molecule has 0 spiro atoms. The normalized spacial score (nSPS) is 14.2. The van der Waals surface area contributed by atoms with Crippen LogP contribution < -0.4 is 10.3 Å². The molecule has 0 atom stereocenters. The lowest BCUT2D eigenvalue weighted by atomic mass is 10.2. The smallest absolute Gasteiger partial charge is 0.278 e. The highest BCUT2D eigenvalue weighted by atomic mass is 32.2. The Bertz CT molecular complexity index is 1440. The number of aryl methyl sites for hydroxylation is 1. The molecule has 176 valence electrons. The van der Waals surface area contributed by atoms with E-state index in [1.807, 2.05) is 66.9 Å². The number of ether oxygens (including phenoxy) is 3. The number of nitrogens with zero attached hydrogens (tertiary/aromatic N) is 3. The highest BCUT2D eigenvalue weighted by Crippen LogP contribution is 2.29. The second-order valence-electron chi connectivity index (χ2n) is 7.59. The third kappa shape index (κ3) is 4.44. The molecule has 1 aliphatic heterocycles. The minimum absolute atomic E-state index is 0.143. The number of para-hydroxylation sites is 1. The molecule has 1 saturated heterocycles. The summed E-state index contributed by atoms with van der Waals surface area (Å²) in [5.41, 5.74) is 3.01. The maximum absolute atomic E-state index is 13.8. The molecule has 4 aromatic rings. The van der Waals surface area contributed by atoms with E-state index in [9.17, 15) is 4.79 Å². The molecule has 0 aliphatic carbocycles. The summed E-state index contributed by atoms with van der Waals surface area (Å²) >= 11 is 8.39. The summed E-state index contributed by atoms with van der Waals surface area (Å²) in [6, 6.07) is 15.4. The lowest BCUT2D eigenvalue weighted by Crippen LogP contribution is -2.23. The van der Waals surface area contributed by atoms with Crippen LogP contribution in [0, 0.1) is 10.9 Å². The Morgan fingerprint density at radius 3 is 2.59 bits per heavy atom. The maximum atomic E-state index is 13.8. The number of aromatic nitrogens is 3. The van der Waals surface area contributed by atoms with Gasteiger partial charge in [-0.3, -0.25) is 13.9 Å². The van der Waals surface area contributed by atoms with Gasteiger partial charge in [-0.25, -0.2) is 4.98 Å². The van der Waals surface area contributed by atoms with Gasteiger partial charge in [-0.15, -0.1) is 0 Å². The second kappa shape index (κ2) is 10.0. The monoisotopic (exact) mass is 513 g/mol. The highest BCUT2D eigenvalue weighted by molar-refractivity contribution is 7.99. The number of benzene rings is 2. The Morgan fingerprint density at radius 2 is 1.88 bits per heavy atom. The van der Waals surface area contributed by atoms with Crippen molar-refractivity contribution in [3.63, 3.8) is 0 Å². The fourth-order valence-electron chi connectivity index (χ4n) is 3.79. The van der Waals surface area contributed by atoms with Crippen LogP contribution in [-0.2, 0) is 9.47 Å². The summed E-state index contributed by atoms with van der Waals surface area (Å²) in [4.78, 5) is 18.8. The molecule has 34 heavy (non-hydrogen) atoms. The first-order valence-corrected chi connectivity index (χ1v) is 13.1. The van der Waals surface area contributed by atoms with Crippen molar-refractivity contribution in [1.29, 1.82) is 0 Å². The van der Waals surface area contributed by atoms with Crippen LogP contribution in [0.25, 0.3) is 21.7 Å². The van der Waals surface area contributed by atoms with Gasteiger partial charge in [0.15, 0.2) is 21.0 Å². The summed E-state index contributed by atoms with van der Waals surface area (Å²) in [5.74, 6) is 1.30. The zero-order chi connectivity index (χ0) is 23.7. The summed E-state index contributed by atoms with van der Waals surface area (Å²) in [7, 11) is 0. The Hall–Kier alpha value is -2.50. The molecule has 2 aromatic carbocycles. The molecule has 2 aromatic heterocycles. The van der Waals surface area contributed by atoms with E-state index < -0.39 is 0 Å². The number of hydrogen-bond donors (Lipinski definition) is 0. The van der Waals surface area contributed by atoms with E-state index in [4.69, 9.17) is 31.4 Å². The molecule has 7 nitrogen and oxygen atoms in total. The molecule has 3 heterocycles. The van der Waals surface area contributed by atoms with E-state index in [2.05, 4.69) is 0 Å². The molecule has 1 aliphatic rings.